The van der Waals surface area contributed by atoms with Crippen LogP contribution in [0.15, 0.2) is 42.0 Å². The first-order valence-corrected chi connectivity index (χ1v) is 16.0. The number of alkyl halides is 2. The van der Waals surface area contributed by atoms with Gasteiger partial charge in [0.2, 0.25) is 0 Å². The van der Waals surface area contributed by atoms with Crippen molar-refractivity contribution in [2.75, 3.05) is 33.3 Å². The number of carbonyl (C=O) groups is 2. The van der Waals surface area contributed by atoms with Gasteiger partial charge in [0.15, 0.2) is 11.5 Å². The number of nitrogens with one attached hydrogen (secondary N) is 1. The van der Waals surface area contributed by atoms with Gasteiger partial charge < -0.3 is 24.4 Å². The number of likely N-dealkylation sites (tertiary alicyclic amines) is 1. The van der Waals surface area contributed by atoms with E-state index < -0.39 is 35.5 Å². The Morgan fingerprint density at radius 2 is 1.81 bits per heavy atom. The van der Waals surface area contributed by atoms with Crippen LogP contribution in [0.25, 0.3) is 6.08 Å². The van der Waals surface area contributed by atoms with E-state index in [2.05, 4.69) is 15.0 Å². The number of ether oxygens (including phenoxy) is 3. The molecule has 1 heterocycles. The summed E-state index contributed by atoms with van der Waals surface area (Å²) in [7, 11) is 1.30. The molecule has 1 saturated carbocycles. The van der Waals surface area contributed by atoms with Gasteiger partial charge in [-0.25, -0.2) is 13.6 Å². The van der Waals surface area contributed by atoms with Crippen molar-refractivity contribution < 1.29 is 41.4 Å². The summed E-state index contributed by atoms with van der Waals surface area (Å²) in [6, 6.07) is 7.29. The molecule has 2 amide bonds. The molecule has 8 nitrogen and oxygen atoms in total. The maximum Gasteiger partial charge on any atom is 0.408 e. The molecule has 4 rings (SSSR count). The second kappa shape index (κ2) is 15.4. The van der Waals surface area contributed by atoms with Gasteiger partial charge in [0.05, 0.1) is 12.6 Å². The molecule has 1 unspecified atom stereocenters. The minimum atomic E-state index is -3.07. The quantitative estimate of drug-likeness (QED) is 0.238. The standard InChI is InChI=1S/C35H45F4N3O5/c1-23(17-24-10-12-26(36)19-28(24)37)20-42(31(43)25-11-13-29(46-32(38)39)30(18-25)45-5)21-27-9-8-16-41(27)22-35(14-6-7-15-35)40-33(44)47-34(2,3)4/h10-13,17-19,27,32H,6-9,14-16,20-22H2,1-5H3,(H,40,44). The molecule has 47 heavy (non-hydrogen) atoms. The number of carbonyl (C=O) groups excluding carboxylic acids is 2. The van der Waals surface area contributed by atoms with Crippen LogP contribution >= 0.6 is 0 Å². The number of halogens is 4. The smallest absolute Gasteiger partial charge is 0.408 e. The minimum absolute atomic E-state index is 0.0179. The van der Waals surface area contributed by atoms with Gasteiger partial charge in [-0.1, -0.05) is 24.5 Å². The van der Waals surface area contributed by atoms with E-state index in [1.165, 1.54) is 37.4 Å². The summed E-state index contributed by atoms with van der Waals surface area (Å²) in [6.45, 7) is 5.99. The van der Waals surface area contributed by atoms with E-state index >= 15 is 0 Å². The second-order valence-electron chi connectivity index (χ2n) is 13.5. The van der Waals surface area contributed by atoms with Gasteiger partial charge >= 0.3 is 12.7 Å². The van der Waals surface area contributed by atoms with Crippen LogP contribution in [0.4, 0.5) is 22.4 Å². The molecule has 2 aromatic rings. The number of nitrogens with zero attached hydrogens (tertiary/aromatic N) is 2. The molecule has 2 aliphatic rings. The molecule has 2 fully saturated rings. The van der Waals surface area contributed by atoms with Crippen LogP contribution in [0.2, 0.25) is 0 Å². The van der Waals surface area contributed by atoms with Gasteiger partial charge in [-0.05, 0) is 90.3 Å². The zero-order valence-corrected chi connectivity index (χ0v) is 27.7. The van der Waals surface area contributed by atoms with Gasteiger partial charge in [-0.3, -0.25) is 9.69 Å². The molecule has 1 N–H and O–H groups in total. The van der Waals surface area contributed by atoms with Crippen LogP contribution in [0.5, 0.6) is 11.5 Å². The third-order valence-corrected chi connectivity index (χ3v) is 8.48. The number of amides is 2. The van der Waals surface area contributed by atoms with Gasteiger partial charge in [0.25, 0.3) is 5.91 Å². The van der Waals surface area contributed by atoms with Gasteiger partial charge in [-0.2, -0.15) is 8.78 Å². The number of methoxy groups -OCH3 is 1. The molecule has 0 radical (unpaired) electrons. The molecule has 258 valence electrons. The van der Waals surface area contributed by atoms with Crippen LogP contribution in [0.1, 0.15) is 82.1 Å². The van der Waals surface area contributed by atoms with Crippen LogP contribution in [0.3, 0.4) is 0 Å². The Morgan fingerprint density at radius 1 is 1.09 bits per heavy atom. The Hall–Kier alpha value is -3.80. The number of alkyl carbamates (subject to hydrolysis) is 1. The Kier molecular flexibility index (Phi) is 11.8. The first kappa shape index (κ1) is 36.0. The van der Waals surface area contributed by atoms with Crippen molar-refractivity contribution in [1.29, 1.82) is 0 Å². The van der Waals surface area contributed by atoms with Gasteiger partial charge in [0, 0.05) is 42.9 Å². The summed E-state index contributed by atoms with van der Waals surface area (Å²) in [4.78, 5) is 30.8. The highest BCUT2D eigenvalue weighted by atomic mass is 19.3. The normalized spacial score (nSPS) is 18.3. The maximum absolute atomic E-state index is 14.5. The van der Waals surface area contributed by atoms with Crippen LogP contribution in [-0.4, -0.2) is 78.9 Å². The SMILES string of the molecule is COc1cc(C(=O)N(CC(C)=Cc2ccc(F)cc2F)CC2CCCN2CC2(NC(=O)OC(C)(C)C)CCCC2)ccc1OC(F)F. The molecule has 1 aliphatic heterocycles. The van der Waals surface area contributed by atoms with Crippen molar-refractivity contribution in [2.24, 2.45) is 0 Å². The lowest BCUT2D eigenvalue weighted by molar-refractivity contribution is -0.0512. The fourth-order valence-corrected chi connectivity index (χ4v) is 6.47. The lowest BCUT2D eigenvalue weighted by Crippen LogP contribution is -2.56. The molecule has 12 heteroatoms. The van der Waals surface area contributed by atoms with Crippen LogP contribution in [0, 0.1) is 11.6 Å². The summed E-state index contributed by atoms with van der Waals surface area (Å²) < 4.78 is 69.2. The van der Waals surface area contributed by atoms with Crippen molar-refractivity contribution in [3.05, 3.63) is 64.7 Å². The molecule has 1 aliphatic carbocycles. The molecule has 0 spiro atoms. The molecule has 1 saturated heterocycles. The third-order valence-electron chi connectivity index (χ3n) is 8.48. The largest absolute Gasteiger partial charge is 0.493 e. The summed E-state index contributed by atoms with van der Waals surface area (Å²) >= 11 is 0. The fourth-order valence-electron chi connectivity index (χ4n) is 6.47. The van der Waals surface area contributed by atoms with Crippen molar-refractivity contribution in [1.82, 2.24) is 15.1 Å². The van der Waals surface area contributed by atoms with E-state index in [1.54, 1.807) is 17.9 Å². The first-order chi connectivity index (χ1) is 22.2. The summed E-state index contributed by atoms with van der Waals surface area (Å²) in [5.74, 6) is -2.01. The molecular formula is C35H45F4N3O5. The lowest BCUT2D eigenvalue weighted by atomic mass is 9.96. The van der Waals surface area contributed by atoms with Crippen LogP contribution in [-0.2, 0) is 4.74 Å². The zero-order valence-electron chi connectivity index (χ0n) is 27.7. The predicted octanol–water partition coefficient (Wildman–Crippen LogP) is 7.42. The highest BCUT2D eigenvalue weighted by Crippen LogP contribution is 2.34. The average Bonchev–Trinajstić information content (AvgIpc) is 3.62. The molecule has 0 bridgehead atoms. The van der Waals surface area contributed by atoms with E-state index in [0.29, 0.717) is 18.7 Å². The van der Waals surface area contributed by atoms with E-state index in [0.717, 1.165) is 51.1 Å². The zero-order chi connectivity index (χ0) is 34.4. The number of hydrogen-bond donors (Lipinski definition) is 1. The Labute approximate surface area is 274 Å². The van der Waals surface area contributed by atoms with E-state index in [4.69, 9.17) is 9.47 Å². The van der Waals surface area contributed by atoms with Crippen molar-refractivity contribution in [2.45, 2.75) is 90.0 Å². The Balaban J connectivity index is 1.59. The first-order valence-electron chi connectivity index (χ1n) is 16.0. The molecule has 2 aromatic carbocycles. The maximum atomic E-state index is 14.5. The Morgan fingerprint density at radius 3 is 2.45 bits per heavy atom. The predicted molar refractivity (Wildman–Crippen MR) is 171 cm³/mol. The highest BCUT2D eigenvalue weighted by molar-refractivity contribution is 5.95. The summed E-state index contributed by atoms with van der Waals surface area (Å²) in [5.41, 5.74) is -0.0472. The molecular weight excluding hydrogens is 618 g/mol. The molecule has 0 aromatic heterocycles. The lowest BCUT2D eigenvalue weighted by Gasteiger charge is -2.38. The average molecular weight is 664 g/mol. The molecule has 1 atom stereocenters. The van der Waals surface area contributed by atoms with E-state index in [1.807, 2.05) is 20.8 Å². The topological polar surface area (TPSA) is 80.3 Å². The fraction of sp³-hybridized carbons (Fsp3) is 0.543. The summed E-state index contributed by atoms with van der Waals surface area (Å²) in [6.07, 6.45) is 6.43. The number of rotatable bonds is 12. The number of hydrogen-bond acceptors (Lipinski definition) is 6. The van der Waals surface area contributed by atoms with E-state index in [-0.39, 0.29) is 41.1 Å². The second-order valence-corrected chi connectivity index (χ2v) is 13.5. The summed E-state index contributed by atoms with van der Waals surface area (Å²) in [5, 5.41) is 3.16. The van der Waals surface area contributed by atoms with Crippen LogP contribution < -0.4 is 14.8 Å². The van der Waals surface area contributed by atoms with Crippen molar-refractivity contribution >= 4 is 18.1 Å². The minimum Gasteiger partial charge on any atom is -0.493 e. The monoisotopic (exact) mass is 663 g/mol. The van der Waals surface area contributed by atoms with Crippen molar-refractivity contribution in [3.63, 3.8) is 0 Å². The van der Waals surface area contributed by atoms with E-state index in [9.17, 15) is 27.2 Å². The van der Waals surface area contributed by atoms with Gasteiger partial charge in [-0.15, -0.1) is 0 Å². The van der Waals surface area contributed by atoms with Gasteiger partial charge in [0.1, 0.15) is 17.2 Å². The highest BCUT2D eigenvalue weighted by Gasteiger charge is 2.41. The number of benzene rings is 2. The Bertz CT molecular complexity index is 1440. The third kappa shape index (κ3) is 10.1. The van der Waals surface area contributed by atoms with Crippen molar-refractivity contribution in [3.8, 4) is 11.5 Å².